The number of carbonyl (C=O) groups is 1. The zero-order chi connectivity index (χ0) is 26.8. The van der Waals surface area contributed by atoms with Crippen LogP contribution < -0.4 is 10.6 Å². The smallest absolute Gasteiger partial charge is 0.317 e. The van der Waals surface area contributed by atoms with Crippen molar-refractivity contribution in [2.75, 3.05) is 40.4 Å². The molecule has 0 aromatic heterocycles. The highest BCUT2D eigenvalue weighted by Crippen LogP contribution is 2.41. The van der Waals surface area contributed by atoms with Crippen molar-refractivity contribution in [2.24, 2.45) is 11.8 Å². The van der Waals surface area contributed by atoms with Crippen LogP contribution in [0.15, 0.2) is 12.1 Å². The van der Waals surface area contributed by atoms with Crippen LogP contribution in [0.25, 0.3) is 0 Å². The van der Waals surface area contributed by atoms with Gasteiger partial charge in [-0.2, -0.15) is 0 Å². The fraction of sp³-hybridized carbons (Fsp3) is 0.750. The van der Waals surface area contributed by atoms with Gasteiger partial charge in [-0.3, -0.25) is 0 Å². The summed E-state index contributed by atoms with van der Waals surface area (Å²) in [7, 11) is 3.45. The second-order valence-electron chi connectivity index (χ2n) is 10.8. The molecule has 1 heterocycles. The predicted molar refractivity (Wildman–Crippen MR) is 138 cm³/mol. The Kier molecular flexibility index (Phi) is 11.5. The van der Waals surface area contributed by atoms with Gasteiger partial charge in [-0.25, -0.2) is 18.0 Å². The summed E-state index contributed by atoms with van der Waals surface area (Å²) in [5.41, 5.74) is -1.99. The van der Waals surface area contributed by atoms with Gasteiger partial charge >= 0.3 is 6.03 Å². The van der Waals surface area contributed by atoms with E-state index < -0.39 is 29.0 Å². The van der Waals surface area contributed by atoms with Gasteiger partial charge in [0.1, 0.15) is 0 Å². The Morgan fingerprint density at radius 1 is 1.14 bits per heavy atom. The van der Waals surface area contributed by atoms with Gasteiger partial charge < -0.3 is 25.4 Å². The molecule has 2 amide bonds. The van der Waals surface area contributed by atoms with Crippen molar-refractivity contribution in [1.29, 1.82) is 0 Å². The summed E-state index contributed by atoms with van der Waals surface area (Å²) in [5.74, 6) is -4.15. The monoisotopic (exact) mass is 527 g/mol. The Bertz CT molecular complexity index is 869. The number of carbonyl (C=O) groups excluding carboxylic acids is 1. The molecule has 0 spiro atoms. The molecule has 3 rings (SSSR count). The molecule has 1 aliphatic heterocycles. The van der Waals surface area contributed by atoms with Crippen molar-refractivity contribution in [1.82, 2.24) is 15.5 Å². The molecule has 1 saturated heterocycles. The first-order chi connectivity index (χ1) is 17.8. The van der Waals surface area contributed by atoms with Crippen molar-refractivity contribution in [2.45, 2.75) is 82.3 Å². The molecule has 37 heavy (non-hydrogen) atoms. The molecule has 2 fully saturated rings. The summed E-state index contributed by atoms with van der Waals surface area (Å²) in [6.07, 6.45) is 9.54. The summed E-state index contributed by atoms with van der Waals surface area (Å²) in [4.78, 5) is 15.0. The van der Waals surface area contributed by atoms with Crippen LogP contribution in [0.1, 0.15) is 76.2 Å². The van der Waals surface area contributed by atoms with Crippen LogP contribution in [0.5, 0.6) is 0 Å². The number of hydrogen-bond acceptors (Lipinski definition) is 4. The molecule has 3 atom stereocenters. The molecule has 1 aromatic carbocycles. The molecule has 1 aromatic rings. The van der Waals surface area contributed by atoms with Crippen LogP contribution in [0.4, 0.5) is 18.0 Å². The quantitative estimate of drug-likeness (QED) is 0.262. The van der Waals surface area contributed by atoms with Crippen LogP contribution in [-0.2, 0) is 10.3 Å². The number of halogens is 3. The van der Waals surface area contributed by atoms with E-state index in [-0.39, 0.29) is 30.6 Å². The standard InChI is InChI=1S/C28H44F3N3O3/c1-32-18-22(17-20-9-4-3-5-10-20)33-27(35)34-15-8-11-21(19-34)28(36,14-6-7-16-37-2)23-12-13-24(29)26(31)25(23)30/h12-13,20-22,32,36H,3-11,14-19H2,1-2H3,(H,33,35)/t21-,22?,28+/m1/s1. The topological polar surface area (TPSA) is 73.8 Å². The van der Waals surface area contributed by atoms with E-state index >= 15 is 0 Å². The fourth-order valence-electron chi connectivity index (χ4n) is 6.14. The SMILES string of the molecule is CNCC(CC1CCCCC1)NC(=O)N1CCC[C@@H]([C@@](O)(CCCCOC)c2ccc(F)c(F)c2F)C1. The summed E-state index contributed by atoms with van der Waals surface area (Å²) in [5, 5.41) is 18.2. The summed E-state index contributed by atoms with van der Waals surface area (Å²) in [6.45, 7) is 1.88. The van der Waals surface area contributed by atoms with E-state index in [0.29, 0.717) is 51.3 Å². The zero-order valence-electron chi connectivity index (χ0n) is 22.3. The second kappa shape index (κ2) is 14.4. The number of nitrogens with one attached hydrogen (secondary N) is 2. The highest BCUT2D eigenvalue weighted by molar-refractivity contribution is 5.74. The lowest BCUT2D eigenvalue weighted by Gasteiger charge is -2.43. The van der Waals surface area contributed by atoms with Gasteiger partial charge in [-0.1, -0.05) is 38.2 Å². The van der Waals surface area contributed by atoms with Crippen LogP contribution in [0.2, 0.25) is 0 Å². The van der Waals surface area contributed by atoms with Gasteiger partial charge in [0.05, 0.1) is 5.60 Å². The number of hydrogen-bond donors (Lipinski definition) is 3. The van der Waals surface area contributed by atoms with Gasteiger partial charge in [0, 0.05) is 50.9 Å². The number of benzene rings is 1. The number of methoxy groups -OCH3 is 1. The molecule has 1 saturated carbocycles. The summed E-state index contributed by atoms with van der Waals surface area (Å²) in [6, 6.07) is 1.79. The van der Waals surface area contributed by atoms with Gasteiger partial charge in [0.2, 0.25) is 0 Å². The number of aliphatic hydroxyl groups is 1. The molecular weight excluding hydrogens is 483 g/mol. The lowest BCUT2D eigenvalue weighted by Crippen LogP contribution is -2.54. The maximum absolute atomic E-state index is 14.9. The third-order valence-electron chi connectivity index (χ3n) is 8.16. The molecule has 9 heteroatoms. The van der Waals surface area contributed by atoms with E-state index in [1.54, 1.807) is 12.0 Å². The molecule has 1 unspecified atom stereocenters. The maximum atomic E-state index is 14.9. The Morgan fingerprint density at radius 3 is 2.59 bits per heavy atom. The second-order valence-corrected chi connectivity index (χ2v) is 10.8. The minimum Gasteiger partial charge on any atom is -0.385 e. The molecule has 1 aliphatic carbocycles. The summed E-state index contributed by atoms with van der Waals surface area (Å²) >= 11 is 0. The normalized spacial score (nSPS) is 21.5. The van der Waals surface area contributed by atoms with Crippen molar-refractivity contribution < 1.29 is 27.8 Å². The van der Waals surface area contributed by atoms with Crippen molar-refractivity contribution >= 4 is 6.03 Å². The maximum Gasteiger partial charge on any atom is 0.317 e. The third-order valence-corrected chi connectivity index (χ3v) is 8.16. The van der Waals surface area contributed by atoms with E-state index in [1.165, 1.54) is 32.1 Å². The van der Waals surface area contributed by atoms with Gasteiger partial charge in [-0.15, -0.1) is 0 Å². The summed E-state index contributed by atoms with van der Waals surface area (Å²) < 4.78 is 47.9. The van der Waals surface area contributed by atoms with E-state index in [2.05, 4.69) is 10.6 Å². The molecule has 6 nitrogen and oxygen atoms in total. The van der Waals surface area contributed by atoms with Crippen molar-refractivity contribution in [3.05, 3.63) is 35.1 Å². The average Bonchev–Trinajstić information content (AvgIpc) is 2.90. The van der Waals surface area contributed by atoms with Gasteiger partial charge in [0.15, 0.2) is 17.5 Å². The highest BCUT2D eigenvalue weighted by atomic mass is 19.2. The van der Waals surface area contributed by atoms with Crippen LogP contribution in [-0.4, -0.2) is 62.5 Å². The van der Waals surface area contributed by atoms with E-state index in [1.807, 2.05) is 7.05 Å². The predicted octanol–water partition coefficient (Wildman–Crippen LogP) is 5.09. The number of likely N-dealkylation sites (tertiary alicyclic amines) is 1. The van der Waals surface area contributed by atoms with E-state index in [4.69, 9.17) is 4.74 Å². The number of nitrogens with zero attached hydrogens (tertiary/aromatic N) is 1. The van der Waals surface area contributed by atoms with Gasteiger partial charge in [0.25, 0.3) is 0 Å². The first kappa shape index (κ1) is 29.7. The Labute approximate surface area is 219 Å². The van der Waals surface area contributed by atoms with E-state index in [9.17, 15) is 23.1 Å². The fourth-order valence-corrected chi connectivity index (χ4v) is 6.14. The van der Waals surface area contributed by atoms with Crippen LogP contribution >= 0.6 is 0 Å². The number of piperidine rings is 1. The van der Waals surface area contributed by atoms with Gasteiger partial charge in [-0.05, 0) is 57.6 Å². The third kappa shape index (κ3) is 7.83. The Morgan fingerprint density at radius 2 is 1.89 bits per heavy atom. The minimum absolute atomic E-state index is 0.00228. The molecule has 0 bridgehead atoms. The number of ether oxygens (including phenoxy) is 1. The first-order valence-electron chi connectivity index (χ1n) is 13.9. The molecular formula is C28H44F3N3O3. The number of urea groups is 1. The molecule has 0 radical (unpaired) electrons. The number of likely N-dealkylation sites (N-methyl/N-ethyl adjacent to an activating group) is 1. The highest BCUT2D eigenvalue weighted by Gasteiger charge is 2.43. The lowest BCUT2D eigenvalue weighted by atomic mass is 9.74. The number of unbranched alkanes of at least 4 members (excludes halogenated alkanes) is 1. The molecule has 210 valence electrons. The number of amides is 2. The zero-order valence-corrected chi connectivity index (χ0v) is 22.3. The minimum atomic E-state index is -1.74. The molecule has 2 aliphatic rings. The average molecular weight is 528 g/mol. The van der Waals surface area contributed by atoms with Crippen LogP contribution in [0, 0.1) is 29.3 Å². The van der Waals surface area contributed by atoms with E-state index in [0.717, 1.165) is 18.6 Å². The van der Waals surface area contributed by atoms with Crippen LogP contribution in [0.3, 0.4) is 0 Å². The largest absolute Gasteiger partial charge is 0.385 e. The Balaban J connectivity index is 1.74. The number of rotatable bonds is 12. The molecule has 3 N–H and O–H groups in total. The first-order valence-corrected chi connectivity index (χ1v) is 13.9. The van der Waals surface area contributed by atoms with Crippen molar-refractivity contribution in [3.63, 3.8) is 0 Å². The lowest BCUT2D eigenvalue weighted by molar-refractivity contribution is -0.0592. The van der Waals surface area contributed by atoms with Crippen molar-refractivity contribution in [3.8, 4) is 0 Å². The Hall–Kier alpha value is -1.84.